The maximum Gasteiger partial charge on any atom is 0.340 e. The second-order valence-electron chi connectivity index (χ2n) is 6.10. The van der Waals surface area contributed by atoms with Crippen LogP contribution in [0.4, 0.5) is 0 Å². The number of H-pyrrole nitrogens is 2. The van der Waals surface area contributed by atoms with Gasteiger partial charge in [-0.1, -0.05) is 30.3 Å². The Hall–Kier alpha value is -3.61. The topological polar surface area (TPSA) is 92.5 Å². The van der Waals surface area contributed by atoms with Crippen molar-refractivity contribution in [3.05, 3.63) is 71.2 Å². The third-order valence-corrected chi connectivity index (χ3v) is 4.50. The van der Waals surface area contributed by atoms with Gasteiger partial charge in [0.05, 0.1) is 5.56 Å². The number of nitrogens with one attached hydrogen (secondary N) is 2. The van der Waals surface area contributed by atoms with Gasteiger partial charge in [0.15, 0.2) is 0 Å². The van der Waals surface area contributed by atoms with Gasteiger partial charge < -0.3 is 8.98 Å². The van der Waals surface area contributed by atoms with Crippen molar-refractivity contribution in [3.63, 3.8) is 0 Å². The molecule has 7 nitrogen and oxygen atoms in total. The summed E-state index contributed by atoms with van der Waals surface area (Å²) in [6.45, 7) is 0.646. The maximum absolute atomic E-state index is 11.2. The predicted octanol–water partition coefficient (Wildman–Crippen LogP) is 3.10. The van der Waals surface area contributed by atoms with Crippen LogP contribution in [-0.2, 0) is 13.0 Å². The first kappa shape index (κ1) is 14.7. The van der Waals surface area contributed by atoms with Gasteiger partial charge in [-0.05, 0) is 12.1 Å². The Morgan fingerprint density at radius 2 is 1.96 bits per heavy atom. The molecule has 0 fully saturated rings. The largest absolute Gasteiger partial charge is 0.455 e. The van der Waals surface area contributed by atoms with Crippen LogP contribution in [0.25, 0.3) is 33.3 Å². The van der Waals surface area contributed by atoms with Gasteiger partial charge in [-0.25, -0.2) is 14.9 Å². The zero-order valence-corrected chi connectivity index (χ0v) is 13.8. The van der Waals surface area contributed by atoms with E-state index >= 15 is 0 Å². The number of furan rings is 1. The molecule has 0 aliphatic heterocycles. The van der Waals surface area contributed by atoms with Crippen LogP contribution in [0, 0.1) is 0 Å². The summed E-state index contributed by atoms with van der Waals surface area (Å²) in [7, 11) is 0. The number of fused-ring (bicyclic) bond motifs is 3. The van der Waals surface area contributed by atoms with Crippen LogP contribution in [0.5, 0.6) is 0 Å². The Kier molecular flexibility index (Phi) is 3.24. The van der Waals surface area contributed by atoms with Crippen LogP contribution >= 0.6 is 0 Å². The summed E-state index contributed by atoms with van der Waals surface area (Å²) in [6.07, 6.45) is 4.28. The van der Waals surface area contributed by atoms with Crippen molar-refractivity contribution >= 4 is 21.9 Å². The molecule has 0 saturated carbocycles. The van der Waals surface area contributed by atoms with E-state index in [1.807, 2.05) is 41.1 Å². The summed E-state index contributed by atoms with van der Waals surface area (Å²) in [4.78, 5) is 18.4. The Morgan fingerprint density at radius 1 is 1.08 bits per heavy atom. The van der Waals surface area contributed by atoms with E-state index < -0.39 is 0 Å². The van der Waals surface area contributed by atoms with E-state index in [0.717, 1.165) is 33.3 Å². The second kappa shape index (κ2) is 5.73. The number of aromatic amines is 2. The molecule has 3 aromatic heterocycles. The van der Waals surface area contributed by atoms with Gasteiger partial charge in [-0.2, -0.15) is 5.10 Å². The molecule has 26 heavy (non-hydrogen) atoms. The number of rotatable bonds is 4. The number of imidazole rings is 1. The summed E-state index contributed by atoms with van der Waals surface area (Å²) >= 11 is 0. The molecule has 2 N–H and O–H groups in total. The predicted molar refractivity (Wildman–Crippen MR) is 97.9 cm³/mol. The van der Waals surface area contributed by atoms with E-state index in [1.165, 1.54) is 0 Å². The molecule has 0 spiro atoms. The first-order chi connectivity index (χ1) is 12.8. The first-order valence-corrected chi connectivity index (χ1v) is 8.35. The van der Waals surface area contributed by atoms with Crippen molar-refractivity contribution in [2.24, 2.45) is 0 Å². The average molecular weight is 345 g/mol. The van der Waals surface area contributed by atoms with Crippen LogP contribution in [0.3, 0.4) is 0 Å². The lowest BCUT2D eigenvalue weighted by Crippen LogP contribution is -2.05. The van der Waals surface area contributed by atoms with Crippen LogP contribution in [0.15, 0.2) is 64.1 Å². The first-order valence-electron chi connectivity index (χ1n) is 8.35. The summed E-state index contributed by atoms with van der Waals surface area (Å²) in [5, 5.41) is 8.50. The van der Waals surface area contributed by atoms with Crippen LogP contribution in [0.2, 0.25) is 0 Å². The van der Waals surface area contributed by atoms with Crippen molar-refractivity contribution in [1.82, 2.24) is 24.7 Å². The van der Waals surface area contributed by atoms with Crippen LogP contribution in [0.1, 0.15) is 5.82 Å². The number of benzene rings is 2. The molecule has 0 amide bonds. The van der Waals surface area contributed by atoms with Crippen LogP contribution < -0.4 is 5.69 Å². The lowest BCUT2D eigenvalue weighted by atomic mass is 10.1. The average Bonchev–Trinajstić information content (AvgIpc) is 3.37. The van der Waals surface area contributed by atoms with E-state index in [9.17, 15) is 4.79 Å². The van der Waals surface area contributed by atoms with Gasteiger partial charge in [0.1, 0.15) is 22.8 Å². The molecule has 2 aromatic carbocycles. The lowest BCUT2D eigenvalue weighted by molar-refractivity contribution is 0.662. The minimum Gasteiger partial charge on any atom is -0.455 e. The lowest BCUT2D eigenvalue weighted by Gasteiger charge is -2.07. The highest BCUT2D eigenvalue weighted by Gasteiger charge is 2.15. The smallest absolute Gasteiger partial charge is 0.340 e. The minimum absolute atomic E-state index is 0.294. The quantitative estimate of drug-likeness (QED) is 0.523. The van der Waals surface area contributed by atoms with E-state index in [-0.39, 0.29) is 5.69 Å². The SMILES string of the molecule is O=c1[nH]nc(CCn2ccnc2-c2cccc3c2oc2ccccc23)[nH]1. The van der Waals surface area contributed by atoms with Crippen molar-refractivity contribution in [1.29, 1.82) is 0 Å². The fraction of sp³-hybridized carbons (Fsp3) is 0.105. The third-order valence-electron chi connectivity index (χ3n) is 4.50. The molecule has 0 atom stereocenters. The number of aromatic nitrogens is 5. The van der Waals surface area contributed by atoms with Crippen molar-refractivity contribution in [3.8, 4) is 11.4 Å². The number of hydrogen-bond donors (Lipinski definition) is 2. The summed E-state index contributed by atoms with van der Waals surface area (Å²) in [6, 6.07) is 14.1. The Labute approximate surface area is 147 Å². The van der Waals surface area contributed by atoms with Crippen LogP contribution in [-0.4, -0.2) is 24.7 Å². The standard InChI is InChI=1S/C19H15N5O2/c25-19-21-16(22-23-19)8-10-24-11-9-20-18(24)14-6-3-5-13-12-4-1-2-7-15(12)26-17(13)14/h1-7,9,11H,8,10H2,(H2,21,22,23,25). The highest BCUT2D eigenvalue weighted by atomic mass is 16.3. The van der Waals surface area contributed by atoms with E-state index in [4.69, 9.17) is 4.42 Å². The van der Waals surface area contributed by atoms with Crippen molar-refractivity contribution in [2.45, 2.75) is 13.0 Å². The van der Waals surface area contributed by atoms with Crippen molar-refractivity contribution < 1.29 is 4.42 Å². The van der Waals surface area contributed by atoms with E-state index in [0.29, 0.717) is 18.8 Å². The molecular formula is C19H15N5O2. The molecule has 0 bridgehead atoms. The highest BCUT2D eigenvalue weighted by molar-refractivity contribution is 6.08. The third kappa shape index (κ3) is 2.33. The van der Waals surface area contributed by atoms with Gasteiger partial charge in [0.2, 0.25) is 0 Å². The van der Waals surface area contributed by atoms with Gasteiger partial charge in [-0.3, -0.25) is 4.98 Å². The second-order valence-corrected chi connectivity index (χ2v) is 6.10. The zero-order chi connectivity index (χ0) is 17.5. The molecule has 0 saturated heterocycles. The molecule has 0 unspecified atom stereocenters. The molecule has 5 aromatic rings. The molecular weight excluding hydrogens is 330 g/mol. The normalized spacial score (nSPS) is 11.5. The highest BCUT2D eigenvalue weighted by Crippen LogP contribution is 2.34. The number of nitrogens with zero attached hydrogens (tertiary/aromatic N) is 3. The fourth-order valence-electron chi connectivity index (χ4n) is 3.31. The van der Waals surface area contributed by atoms with Gasteiger partial charge >= 0.3 is 5.69 Å². The van der Waals surface area contributed by atoms with E-state index in [2.05, 4.69) is 32.3 Å². The molecule has 5 rings (SSSR count). The molecule has 3 heterocycles. The molecule has 0 radical (unpaired) electrons. The Morgan fingerprint density at radius 3 is 2.85 bits per heavy atom. The fourth-order valence-corrected chi connectivity index (χ4v) is 3.31. The number of aryl methyl sites for hydroxylation is 2. The minimum atomic E-state index is -0.294. The summed E-state index contributed by atoms with van der Waals surface area (Å²) in [5.41, 5.74) is 2.34. The van der Waals surface area contributed by atoms with E-state index in [1.54, 1.807) is 6.20 Å². The maximum atomic E-state index is 11.2. The molecule has 7 heteroatoms. The summed E-state index contributed by atoms with van der Waals surface area (Å²) in [5.74, 6) is 1.45. The monoisotopic (exact) mass is 345 g/mol. The Balaban J connectivity index is 1.58. The van der Waals surface area contributed by atoms with Gasteiger partial charge in [0, 0.05) is 36.1 Å². The number of hydrogen-bond acceptors (Lipinski definition) is 4. The zero-order valence-electron chi connectivity index (χ0n) is 13.8. The molecule has 128 valence electrons. The Bertz CT molecular complexity index is 1270. The molecule has 0 aliphatic rings. The van der Waals surface area contributed by atoms with Gasteiger partial charge in [0.25, 0.3) is 0 Å². The van der Waals surface area contributed by atoms with Gasteiger partial charge in [-0.15, -0.1) is 0 Å². The molecule has 0 aliphatic carbocycles. The number of para-hydroxylation sites is 2. The van der Waals surface area contributed by atoms with Crippen molar-refractivity contribution in [2.75, 3.05) is 0 Å². The summed E-state index contributed by atoms with van der Waals surface area (Å²) < 4.78 is 8.15.